The van der Waals surface area contributed by atoms with Crippen molar-refractivity contribution in [2.75, 3.05) is 16.8 Å². The molecule has 0 radical (unpaired) electrons. The number of hydrogen-bond donors (Lipinski definition) is 4. The second-order valence-corrected chi connectivity index (χ2v) is 6.38. The van der Waals surface area contributed by atoms with Gasteiger partial charge in [0.05, 0.1) is 17.3 Å². The second-order valence-electron chi connectivity index (χ2n) is 6.38. The molecule has 1 amide bonds. The van der Waals surface area contributed by atoms with Gasteiger partial charge in [-0.1, -0.05) is 42.5 Å². The SMILES string of the molecule is Nc1cccc(NC(=O)Cc2ccc(-c3cccc4[nH]nc(N)c34)cc2)c1. The molecule has 6 N–H and O–H groups in total. The molecule has 0 saturated carbocycles. The molecular formula is C21H19N5O. The summed E-state index contributed by atoms with van der Waals surface area (Å²) in [5.74, 6) is 0.390. The first-order valence-electron chi connectivity index (χ1n) is 8.57. The Labute approximate surface area is 156 Å². The van der Waals surface area contributed by atoms with E-state index in [-0.39, 0.29) is 12.3 Å². The molecule has 4 rings (SSSR count). The first-order chi connectivity index (χ1) is 13.1. The number of benzene rings is 3. The number of nitrogens with two attached hydrogens (primary N) is 2. The molecule has 0 unspecified atom stereocenters. The molecule has 0 atom stereocenters. The summed E-state index contributed by atoms with van der Waals surface area (Å²) in [7, 11) is 0. The minimum absolute atomic E-state index is 0.0884. The molecule has 6 nitrogen and oxygen atoms in total. The third-order valence-corrected chi connectivity index (χ3v) is 4.42. The molecule has 0 bridgehead atoms. The Morgan fingerprint density at radius 1 is 1.00 bits per heavy atom. The van der Waals surface area contributed by atoms with Crippen molar-refractivity contribution in [2.45, 2.75) is 6.42 Å². The van der Waals surface area contributed by atoms with E-state index in [0.29, 0.717) is 17.2 Å². The number of fused-ring (bicyclic) bond motifs is 1. The summed E-state index contributed by atoms with van der Waals surface area (Å²) in [5.41, 5.74) is 16.9. The van der Waals surface area contributed by atoms with Gasteiger partial charge in [-0.3, -0.25) is 9.89 Å². The minimum atomic E-state index is -0.0884. The van der Waals surface area contributed by atoms with Crippen molar-refractivity contribution in [3.63, 3.8) is 0 Å². The third-order valence-electron chi connectivity index (χ3n) is 4.42. The maximum atomic E-state index is 12.3. The third kappa shape index (κ3) is 3.46. The number of nitrogen functional groups attached to an aromatic ring is 2. The van der Waals surface area contributed by atoms with Gasteiger partial charge >= 0.3 is 0 Å². The van der Waals surface area contributed by atoms with E-state index in [1.165, 1.54) is 0 Å². The summed E-state index contributed by atoms with van der Waals surface area (Å²) in [6.45, 7) is 0. The van der Waals surface area contributed by atoms with Crippen LogP contribution in [0.15, 0.2) is 66.7 Å². The van der Waals surface area contributed by atoms with Crippen LogP contribution in [0.3, 0.4) is 0 Å². The quantitative estimate of drug-likeness (QED) is 0.418. The van der Waals surface area contributed by atoms with Crippen LogP contribution >= 0.6 is 0 Å². The van der Waals surface area contributed by atoms with Gasteiger partial charge in [0.15, 0.2) is 5.82 Å². The average molecular weight is 357 g/mol. The maximum Gasteiger partial charge on any atom is 0.228 e. The maximum absolute atomic E-state index is 12.3. The van der Waals surface area contributed by atoms with E-state index in [9.17, 15) is 4.79 Å². The normalized spacial score (nSPS) is 10.8. The van der Waals surface area contributed by atoms with Crippen molar-refractivity contribution in [3.05, 3.63) is 72.3 Å². The smallest absolute Gasteiger partial charge is 0.228 e. The van der Waals surface area contributed by atoms with Crippen LogP contribution in [-0.4, -0.2) is 16.1 Å². The van der Waals surface area contributed by atoms with Gasteiger partial charge < -0.3 is 16.8 Å². The van der Waals surface area contributed by atoms with Crippen molar-refractivity contribution < 1.29 is 4.79 Å². The number of carbonyl (C=O) groups is 1. The minimum Gasteiger partial charge on any atom is -0.399 e. The molecule has 0 aliphatic heterocycles. The lowest BCUT2D eigenvalue weighted by Gasteiger charge is -2.08. The van der Waals surface area contributed by atoms with Crippen LogP contribution in [0.5, 0.6) is 0 Å². The Hall–Kier alpha value is -3.80. The van der Waals surface area contributed by atoms with Crippen LogP contribution in [-0.2, 0) is 11.2 Å². The van der Waals surface area contributed by atoms with E-state index in [1.54, 1.807) is 12.1 Å². The number of hydrogen-bond acceptors (Lipinski definition) is 4. The predicted octanol–water partition coefficient (Wildman–Crippen LogP) is 3.58. The van der Waals surface area contributed by atoms with Crippen molar-refractivity contribution in [3.8, 4) is 11.1 Å². The Morgan fingerprint density at radius 2 is 1.78 bits per heavy atom. The van der Waals surface area contributed by atoms with Crippen molar-refractivity contribution in [2.24, 2.45) is 0 Å². The zero-order chi connectivity index (χ0) is 18.8. The molecule has 0 saturated heterocycles. The Bertz CT molecular complexity index is 1120. The van der Waals surface area contributed by atoms with E-state index < -0.39 is 0 Å². The fourth-order valence-corrected chi connectivity index (χ4v) is 3.15. The fraction of sp³-hybridized carbons (Fsp3) is 0.0476. The Balaban J connectivity index is 1.52. The van der Waals surface area contributed by atoms with E-state index >= 15 is 0 Å². The largest absolute Gasteiger partial charge is 0.399 e. The molecule has 4 aromatic rings. The lowest BCUT2D eigenvalue weighted by atomic mass is 9.99. The molecule has 1 heterocycles. The van der Waals surface area contributed by atoms with Crippen LogP contribution in [0.25, 0.3) is 22.0 Å². The lowest BCUT2D eigenvalue weighted by molar-refractivity contribution is -0.115. The Kier molecular flexibility index (Phi) is 4.22. The Morgan fingerprint density at radius 3 is 2.56 bits per heavy atom. The zero-order valence-electron chi connectivity index (χ0n) is 14.6. The van der Waals surface area contributed by atoms with Gasteiger partial charge in [-0.15, -0.1) is 0 Å². The molecule has 0 spiro atoms. The van der Waals surface area contributed by atoms with E-state index in [1.807, 2.05) is 54.6 Å². The number of anilines is 3. The molecule has 27 heavy (non-hydrogen) atoms. The molecule has 0 aliphatic carbocycles. The number of aromatic amines is 1. The number of nitrogens with one attached hydrogen (secondary N) is 2. The van der Waals surface area contributed by atoms with Crippen molar-refractivity contribution in [1.29, 1.82) is 0 Å². The van der Waals surface area contributed by atoms with Gasteiger partial charge in [0.25, 0.3) is 0 Å². The van der Waals surface area contributed by atoms with E-state index in [2.05, 4.69) is 15.5 Å². The summed E-state index contributed by atoms with van der Waals surface area (Å²) in [6, 6.07) is 20.9. The number of H-pyrrole nitrogens is 1. The summed E-state index contributed by atoms with van der Waals surface area (Å²) < 4.78 is 0. The molecule has 0 aliphatic rings. The van der Waals surface area contributed by atoms with Crippen molar-refractivity contribution in [1.82, 2.24) is 10.2 Å². The van der Waals surface area contributed by atoms with Gasteiger partial charge in [0, 0.05) is 11.4 Å². The molecular weight excluding hydrogens is 338 g/mol. The van der Waals surface area contributed by atoms with Crippen LogP contribution in [0.1, 0.15) is 5.56 Å². The molecule has 3 aromatic carbocycles. The van der Waals surface area contributed by atoms with E-state index in [4.69, 9.17) is 11.5 Å². The summed E-state index contributed by atoms with van der Waals surface area (Å²) in [4.78, 5) is 12.3. The van der Waals surface area contributed by atoms with Gasteiger partial charge in [-0.2, -0.15) is 5.10 Å². The number of aromatic nitrogens is 2. The van der Waals surface area contributed by atoms with E-state index in [0.717, 1.165) is 27.6 Å². The fourth-order valence-electron chi connectivity index (χ4n) is 3.15. The molecule has 134 valence electrons. The summed E-state index contributed by atoms with van der Waals surface area (Å²) >= 11 is 0. The highest BCUT2D eigenvalue weighted by molar-refractivity contribution is 6.01. The highest BCUT2D eigenvalue weighted by Gasteiger charge is 2.10. The molecule has 0 fully saturated rings. The monoisotopic (exact) mass is 357 g/mol. The highest BCUT2D eigenvalue weighted by Crippen LogP contribution is 2.31. The highest BCUT2D eigenvalue weighted by atomic mass is 16.1. The molecule has 6 heteroatoms. The first-order valence-corrected chi connectivity index (χ1v) is 8.57. The first kappa shape index (κ1) is 16.7. The van der Waals surface area contributed by atoms with Gasteiger partial charge in [-0.25, -0.2) is 0 Å². The number of amides is 1. The number of nitrogens with zero attached hydrogens (tertiary/aromatic N) is 1. The zero-order valence-corrected chi connectivity index (χ0v) is 14.6. The molecule has 1 aromatic heterocycles. The predicted molar refractivity (Wildman–Crippen MR) is 109 cm³/mol. The van der Waals surface area contributed by atoms with Gasteiger partial charge in [-0.05, 0) is 41.0 Å². The van der Waals surface area contributed by atoms with Crippen molar-refractivity contribution >= 4 is 34.0 Å². The van der Waals surface area contributed by atoms with Gasteiger partial charge in [0.2, 0.25) is 5.91 Å². The van der Waals surface area contributed by atoms with Crippen LogP contribution in [0.2, 0.25) is 0 Å². The topological polar surface area (TPSA) is 110 Å². The number of rotatable bonds is 4. The standard InChI is InChI=1S/C21H19N5O/c22-15-3-1-4-16(12-15)24-19(27)11-13-7-9-14(10-8-13)17-5-2-6-18-20(17)21(23)26-25-18/h1-10,12H,11,22H2,(H,24,27)(H3,23,25,26). The van der Waals surface area contributed by atoms with Gasteiger partial charge in [0.1, 0.15) is 0 Å². The van der Waals surface area contributed by atoms with Crippen LogP contribution in [0, 0.1) is 0 Å². The lowest BCUT2D eigenvalue weighted by Crippen LogP contribution is -2.14. The second kappa shape index (κ2) is 6.84. The average Bonchev–Trinajstić information content (AvgIpc) is 3.04. The number of carbonyl (C=O) groups excluding carboxylic acids is 1. The van der Waals surface area contributed by atoms with Crippen LogP contribution in [0.4, 0.5) is 17.2 Å². The van der Waals surface area contributed by atoms with Crippen LogP contribution < -0.4 is 16.8 Å². The summed E-state index contributed by atoms with van der Waals surface area (Å²) in [6.07, 6.45) is 0.285. The summed E-state index contributed by atoms with van der Waals surface area (Å²) in [5, 5.41) is 10.8.